The molecular formula is C6H14N6O2P2S2. The van der Waals surface area contributed by atoms with Crippen molar-refractivity contribution in [1.29, 1.82) is 0 Å². The van der Waals surface area contributed by atoms with E-state index in [-0.39, 0.29) is 0 Å². The maximum atomic E-state index is 11.8. The summed E-state index contributed by atoms with van der Waals surface area (Å²) in [6.07, 6.45) is 0. The molecule has 12 heteroatoms. The van der Waals surface area contributed by atoms with E-state index >= 15 is 0 Å². The van der Waals surface area contributed by atoms with Crippen LogP contribution < -0.4 is 30.6 Å². The van der Waals surface area contributed by atoms with Gasteiger partial charge in [-0.05, 0) is 12.1 Å². The molecule has 0 bridgehead atoms. The highest BCUT2D eigenvalue weighted by molar-refractivity contribution is 8.78. The Labute approximate surface area is 113 Å². The Morgan fingerprint density at radius 2 is 1.61 bits per heavy atom. The molecule has 0 heterocycles. The normalized spacial score (nSPS) is 12.4. The first kappa shape index (κ1) is 16.0. The number of benzene rings is 1. The van der Waals surface area contributed by atoms with E-state index in [2.05, 4.69) is 4.49 Å². The molecule has 18 heavy (non-hydrogen) atoms. The molecule has 9 N–H and O–H groups in total. The van der Waals surface area contributed by atoms with Crippen molar-refractivity contribution in [3.63, 3.8) is 0 Å². The van der Waals surface area contributed by atoms with Crippen LogP contribution in [-0.4, -0.2) is 0 Å². The lowest BCUT2D eigenvalue weighted by Gasteiger charge is -2.25. The number of nitrogens with two attached hydrogens (primary N) is 4. The molecule has 1 rings (SSSR count). The molecule has 0 spiro atoms. The summed E-state index contributed by atoms with van der Waals surface area (Å²) in [6, 6.07) is 8.65. The van der Waals surface area contributed by atoms with Crippen LogP contribution in [0, 0.1) is 0 Å². The van der Waals surface area contributed by atoms with Gasteiger partial charge in [-0.2, -0.15) is 4.49 Å². The summed E-state index contributed by atoms with van der Waals surface area (Å²) in [4.78, 5) is 0. The van der Waals surface area contributed by atoms with E-state index in [4.69, 9.17) is 22.0 Å². The molecule has 0 saturated heterocycles. The minimum atomic E-state index is -3.52. The number of nitrogens with one attached hydrogen (secondary N) is 1. The Hall–Kier alpha value is -0.0200. The molecule has 1 aromatic rings. The second-order valence-electron chi connectivity index (χ2n) is 3.24. The van der Waals surface area contributed by atoms with Crippen molar-refractivity contribution >= 4 is 42.8 Å². The zero-order chi connectivity index (χ0) is 13.8. The lowest BCUT2D eigenvalue weighted by atomic mass is 10.3. The van der Waals surface area contributed by atoms with Crippen LogP contribution in [0.1, 0.15) is 0 Å². The molecular weight excluding hydrogens is 314 g/mol. The van der Waals surface area contributed by atoms with E-state index in [0.29, 0.717) is 5.69 Å². The van der Waals surface area contributed by atoms with Gasteiger partial charge in [0.25, 0.3) is 7.59 Å². The van der Waals surface area contributed by atoms with Gasteiger partial charge in [0.2, 0.25) is 0 Å². The average molecular weight is 328 g/mol. The van der Waals surface area contributed by atoms with Gasteiger partial charge in [0.15, 0.2) is 0 Å². The minimum absolute atomic E-state index is 0.550. The predicted octanol–water partition coefficient (Wildman–Crippen LogP) is 1.34. The van der Waals surface area contributed by atoms with Gasteiger partial charge in [-0.15, -0.1) is 0 Å². The first-order valence-electron chi connectivity index (χ1n) is 4.51. The number of anilines is 1. The van der Waals surface area contributed by atoms with Crippen molar-refractivity contribution in [2.24, 2.45) is 22.0 Å². The quantitative estimate of drug-likeness (QED) is 0.293. The standard InChI is InChI=1S/C6H14N6O2P2S2/c7-15(8,13)11-17-18-12(16(9,10)14)6-4-2-1-3-5-6/h1-5H,(H4,9,10,14)(H5,7,8,11,13). The van der Waals surface area contributed by atoms with Gasteiger partial charge in [-0.3, -0.25) is 31.1 Å². The Bertz CT molecular complexity index is 476. The lowest BCUT2D eigenvalue weighted by Crippen LogP contribution is -2.23. The summed E-state index contributed by atoms with van der Waals surface area (Å²) < 4.78 is 26.3. The van der Waals surface area contributed by atoms with Crippen LogP contribution in [0.5, 0.6) is 0 Å². The zero-order valence-corrected chi connectivity index (χ0v) is 12.6. The average Bonchev–Trinajstić information content (AvgIpc) is 2.22. The van der Waals surface area contributed by atoms with E-state index < -0.39 is 15.2 Å². The van der Waals surface area contributed by atoms with Crippen LogP contribution in [0.3, 0.4) is 0 Å². The molecule has 8 nitrogen and oxygen atoms in total. The number of nitrogens with zero attached hydrogens (tertiary/aromatic N) is 1. The van der Waals surface area contributed by atoms with Gasteiger partial charge >= 0.3 is 7.59 Å². The third-order valence-corrected chi connectivity index (χ3v) is 6.90. The molecule has 0 aliphatic rings. The Kier molecular flexibility index (Phi) is 5.72. The summed E-state index contributed by atoms with van der Waals surface area (Å²) >= 11 is 0. The third-order valence-electron chi connectivity index (χ3n) is 1.55. The van der Waals surface area contributed by atoms with Crippen LogP contribution in [0.15, 0.2) is 30.3 Å². The van der Waals surface area contributed by atoms with Crippen molar-refractivity contribution in [1.82, 2.24) is 4.49 Å². The highest BCUT2D eigenvalue weighted by Gasteiger charge is 2.24. The van der Waals surface area contributed by atoms with Gasteiger partial charge < -0.3 is 0 Å². The molecule has 0 aliphatic heterocycles. The number of rotatable bonds is 6. The van der Waals surface area contributed by atoms with Gasteiger partial charge in [0.05, 0.1) is 5.69 Å². The Balaban J connectivity index is 2.76. The number of hydrogen-bond donors (Lipinski definition) is 5. The molecule has 102 valence electrons. The molecule has 0 fully saturated rings. The summed E-state index contributed by atoms with van der Waals surface area (Å²) in [5.41, 5.74) is 21.6. The molecule has 0 saturated carbocycles. The minimum Gasteiger partial charge on any atom is -0.271 e. The van der Waals surface area contributed by atoms with Crippen molar-refractivity contribution in [3.05, 3.63) is 30.3 Å². The van der Waals surface area contributed by atoms with Gasteiger partial charge in [-0.1, -0.05) is 18.2 Å². The maximum Gasteiger partial charge on any atom is 0.311 e. The molecule has 0 unspecified atom stereocenters. The molecule has 0 aromatic heterocycles. The predicted molar refractivity (Wildman–Crippen MR) is 79.2 cm³/mol. The lowest BCUT2D eigenvalue weighted by molar-refractivity contribution is 0.575. The molecule has 0 aliphatic carbocycles. The van der Waals surface area contributed by atoms with Crippen LogP contribution in [-0.2, 0) is 9.13 Å². The largest absolute Gasteiger partial charge is 0.311 e. The summed E-state index contributed by atoms with van der Waals surface area (Å²) in [7, 11) is -5.15. The van der Waals surface area contributed by atoms with Gasteiger partial charge in [0.1, 0.15) is 0 Å². The third kappa shape index (κ3) is 5.75. The maximum absolute atomic E-state index is 11.8. The van der Waals surface area contributed by atoms with Crippen molar-refractivity contribution in [3.8, 4) is 0 Å². The molecule has 1 aromatic carbocycles. The van der Waals surface area contributed by atoms with E-state index in [1.807, 2.05) is 0 Å². The molecule has 0 amide bonds. The highest BCUT2D eigenvalue weighted by Crippen LogP contribution is 2.47. The van der Waals surface area contributed by atoms with E-state index in [1.54, 1.807) is 30.3 Å². The fraction of sp³-hybridized carbons (Fsp3) is 0. The molecule has 0 radical (unpaired) electrons. The summed E-state index contributed by atoms with van der Waals surface area (Å²) in [6.45, 7) is 0. The second-order valence-corrected chi connectivity index (χ2v) is 9.03. The van der Waals surface area contributed by atoms with E-state index in [1.165, 1.54) is 4.08 Å². The molecule has 0 atom stereocenters. The summed E-state index contributed by atoms with van der Waals surface area (Å²) in [5.74, 6) is 0. The van der Waals surface area contributed by atoms with Crippen molar-refractivity contribution < 1.29 is 9.13 Å². The van der Waals surface area contributed by atoms with Crippen molar-refractivity contribution in [2.75, 3.05) is 4.08 Å². The van der Waals surface area contributed by atoms with Crippen LogP contribution in [0.25, 0.3) is 0 Å². The zero-order valence-electron chi connectivity index (χ0n) is 9.17. The van der Waals surface area contributed by atoms with Gasteiger partial charge in [-0.25, -0.2) is 4.08 Å². The first-order valence-corrected chi connectivity index (χ1v) is 10.3. The second kappa shape index (κ2) is 6.42. The number of hydrogen-bond acceptors (Lipinski definition) is 4. The van der Waals surface area contributed by atoms with Crippen LogP contribution >= 0.6 is 37.1 Å². The Morgan fingerprint density at radius 1 is 1.06 bits per heavy atom. The van der Waals surface area contributed by atoms with E-state index in [0.717, 1.165) is 22.0 Å². The van der Waals surface area contributed by atoms with Crippen LogP contribution in [0.4, 0.5) is 5.69 Å². The van der Waals surface area contributed by atoms with Gasteiger partial charge in [0, 0.05) is 22.0 Å². The van der Waals surface area contributed by atoms with E-state index in [9.17, 15) is 9.13 Å². The highest BCUT2D eigenvalue weighted by atomic mass is 33.1. The fourth-order valence-corrected chi connectivity index (χ4v) is 5.79. The van der Waals surface area contributed by atoms with Crippen LogP contribution in [0.2, 0.25) is 0 Å². The monoisotopic (exact) mass is 328 g/mol. The number of para-hydroxylation sites is 1. The van der Waals surface area contributed by atoms with Crippen molar-refractivity contribution in [2.45, 2.75) is 0 Å². The first-order chi connectivity index (χ1) is 8.20. The fourth-order valence-electron chi connectivity index (χ4n) is 0.941. The topological polar surface area (TPSA) is 153 Å². The summed E-state index contributed by atoms with van der Waals surface area (Å²) in [5, 5.41) is 0. The smallest absolute Gasteiger partial charge is 0.271 e. The SMILES string of the molecule is NP(N)(=O)NSSN(c1ccccc1)P(N)(N)=O. The Morgan fingerprint density at radius 3 is 2.06 bits per heavy atom.